The van der Waals surface area contributed by atoms with Gasteiger partial charge in [0, 0.05) is 11.5 Å². The molecule has 4 bridgehead atoms. The van der Waals surface area contributed by atoms with Crippen molar-refractivity contribution in [3.05, 3.63) is 12.2 Å². The zero-order chi connectivity index (χ0) is 15.9. The molecular formula is C17H22O5. The maximum absolute atomic E-state index is 12.3. The van der Waals surface area contributed by atoms with Crippen molar-refractivity contribution in [1.82, 2.24) is 0 Å². The molecule has 120 valence electrons. The van der Waals surface area contributed by atoms with E-state index in [4.69, 9.17) is 9.47 Å². The highest BCUT2D eigenvalue weighted by Crippen LogP contribution is 2.52. The minimum absolute atomic E-state index is 0.00816. The Labute approximate surface area is 130 Å². The van der Waals surface area contributed by atoms with Gasteiger partial charge in [0.15, 0.2) is 0 Å². The van der Waals surface area contributed by atoms with Gasteiger partial charge in [0.05, 0.1) is 12.3 Å². The summed E-state index contributed by atoms with van der Waals surface area (Å²) in [7, 11) is 0. The first-order valence-electron chi connectivity index (χ1n) is 8.01. The van der Waals surface area contributed by atoms with E-state index < -0.39 is 5.97 Å². The van der Waals surface area contributed by atoms with Gasteiger partial charge in [0.25, 0.3) is 0 Å². The molecule has 0 amide bonds. The van der Waals surface area contributed by atoms with Gasteiger partial charge < -0.3 is 9.47 Å². The van der Waals surface area contributed by atoms with Gasteiger partial charge in [0.1, 0.15) is 18.5 Å². The van der Waals surface area contributed by atoms with E-state index in [2.05, 4.69) is 6.58 Å². The average molecular weight is 306 g/mol. The van der Waals surface area contributed by atoms with Crippen LogP contribution >= 0.6 is 0 Å². The molecule has 5 heteroatoms. The molecule has 0 N–H and O–H groups in total. The van der Waals surface area contributed by atoms with Crippen molar-refractivity contribution in [2.24, 2.45) is 23.7 Å². The molecule has 0 heterocycles. The molecule has 0 spiro atoms. The van der Waals surface area contributed by atoms with Crippen LogP contribution in [-0.2, 0) is 23.9 Å². The number of ether oxygens (including phenoxy) is 2. The van der Waals surface area contributed by atoms with Crippen molar-refractivity contribution in [2.45, 2.75) is 45.1 Å². The van der Waals surface area contributed by atoms with Crippen molar-refractivity contribution in [3.8, 4) is 0 Å². The predicted molar refractivity (Wildman–Crippen MR) is 77.7 cm³/mol. The lowest BCUT2D eigenvalue weighted by atomic mass is 9.54. The smallest absolute Gasteiger partial charge is 0.333 e. The van der Waals surface area contributed by atoms with Crippen LogP contribution in [0.4, 0.5) is 0 Å². The summed E-state index contributed by atoms with van der Waals surface area (Å²) in [4.78, 5) is 35.5. The Kier molecular flexibility index (Phi) is 4.06. The summed E-state index contributed by atoms with van der Waals surface area (Å²) in [6.07, 6.45) is 3.61. The molecule has 4 saturated carbocycles. The normalized spacial score (nSPS) is 35.3. The summed E-state index contributed by atoms with van der Waals surface area (Å²) in [5, 5.41) is 0. The van der Waals surface area contributed by atoms with Crippen LogP contribution in [0.5, 0.6) is 0 Å². The molecule has 5 unspecified atom stereocenters. The lowest BCUT2D eigenvalue weighted by Gasteiger charge is -2.52. The highest BCUT2D eigenvalue weighted by Gasteiger charge is 2.54. The van der Waals surface area contributed by atoms with Gasteiger partial charge in [-0.25, -0.2) is 4.79 Å². The molecule has 5 atom stereocenters. The summed E-state index contributed by atoms with van der Waals surface area (Å²) >= 11 is 0. The summed E-state index contributed by atoms with van der Waals surface area (Å²) in [5.74, 6) is 0.475. The maximum Gasteiger partial charge on any atom is 0.333 e. The second-order valence-corrected chi connectivity index (χ2v) is 6.90. The van der Waals surface area contributed by atoms with Crippen LogP contribution in [0.3, 0.4) is 0 Å². The molecule has 22 heavy (non-hydrogen) atoms. The first-order chi connectivity index (χ1) is 10.5. The first kappa shape index (κ1) is 15.3. The van der Waals surface area contributed by atoms with Gasteiger partial charge in [-0.3, -0.25) is 9.59 Å². The Balaban J connectivity index is 1.50. The lowest BCUT2D eigenvalue weighted by molar-refractivity contribution is -0.176. The third-order valence-electron chi connectivity index (χ3n) is 5.21. The van der Waals surface area contributed by atoms with Gasteiger partial charge in [0.2, 0.25) is 0 Å². The Morgan fingerprint density at radius 1 is 1.23 bits per heavy atom. The Morgan fingerprint density at radius 3 is 2.73 bits per heavy atom. The molecule has 0 aliphatic heterocycles. The topological polar surface area (TPSA) is 69.7 Å². The van der Waals surface area contributed by atoms with Crippen LogP contribution in [0.15, 0.2) is 12.2 Å². The number of carbonyl (C=O) groups is 3. The molecule has 5 nitrogen and oxygen atoms in total. The summed E-state index contributed by atoms with van der Waals surface area (Å²) in [6, 6.07) is 0. The Morgan fingerprint density at radius 2 is 2.00 bits per heavy atom. The van der Waals surface area contributed by atoms with Crippen LogP contribution in [0, 0.1) is 23.7 Å². The van der Waals surface area contributed by atoms with E-state index in [0.29, 0.717) is 23.2 Å². The maximum atomic E-state index is 12.3. The van der Waals surface area contributed by atoms with Crippen molar-refractivity contribution in [2.75, 3.05) is 6.61 Å². The zero-order valence-corrected chi connectivity index (χ0v) is 12.9. The minimum atomic E-state index is -0.502. The number of carbonyl (C=O) groups excluding carboxylic acids is 3. The van der Waals surface area contributed by atoms with Crippen LogP contribution in [-0.4, -0.2) is 30.4 Å². The van der Waals surface area contributed by atoms with Crippen molar-refractivity contribution >= 4 is 17.7 Å². The summed E-state index contributed by atoms with van der Waals surface area (Å²) in [5.41, 5.74) is 0.306. The van der Waals surface area contributed by atoms with Crippen molar-refractivity contribution in [3.63, 3.8) is 0 Å². The zero-order valence-electron chi connectivity index (χ0n) is 12.9. The Hall–Kier alpha value is -1.65. The predicted octanol–water partition coefficient (Wildman–Crippen LogP) is 2.04. The molecule has 4 aliphatic rings. The molecular weight excluding hydrogens is 284 g/mol. The molecule has 0 aromatic carbocycles. The fourth-order valence-corrected chi connectivity index (χ4v) is 4.32. The van der Waals surface area contributed by atoms with Crippen LogP contribution in [0.2, 0.25) is 0 Å². The van der Waals surface area contributed by atoms with E-state index >= 15 is 0 Å². The summed E-state index contributed by atoms with van der Waals surface area (Å²) in [6.45, 7) is 5.02. The third-order valence-corrected chi connectivity index (χ3v) is 5.21. The first-order valence-corrected chi connectivity index (χ1v) is 8.01. The quantitative estimate of drug-likeness (QED) is 0.574. The molecule has 4 aliphatic carbocycles. The van der Waals surface area contributed by atoms with Gasteiger partial charge in [-0.2, -0.15) is 0 Å². The molecule has 4 fully saturated rings. The minimum Gasteiger partial charge on any atom is -0.462 e. The number of hydrogen-bond acceptors (Lipinski definition) is 5. The monoisotopic (exact) mass is 306 g/mol. The standard InChI is InChI=1S/C17H22O5/c1-9(2)17(20)21-4-3-14(18)22-16-12-6-10-5-11(8-12)15(19)13(16)7-10/h10-13,16H,1,3-8H2,2H3. The van der Waals surface area contributed by atoms with E-state index in [9.17, 15) is 14.4 Å². The van der Waals surface area contributed by atoms with Gasteiger partial charge >= 0.3 is 11.9 Å². The third kappa shape index (κ3) is 2.81. The van der Waals surface area contributed by atoms with Gasteiger partial charge in [-0.05, 0) is 44.4 Å². The van der Waals surface area contributed by atoms with Gasteiger partial charge in [-0.1, -0.05) is 6.58 Å². The van der Waals surface area contributed by atoms with E-state index in [1.807, 2.05) is 0 Å². The second-order valence-electron chi connectivity index (χ2n) is 6.90. The number of rotatable bonds is 5. The number of hydrogen-bond donors (Lipinski definition) is 0. The Bertz CT molecular complexity index is 523. The highest BCUT2D eigenvalue weighted by molar-refractivity contribution is 5.87. The van der Waals surface area contributed by atoms with Crippen molar-refractivity contribution in [1.29, 1.82) is 0 Å². The fourth-order valence-electron chi connectivity index (χ4n) is 4.32. The molecule has 0 aromatic rings. The molecule has 0 saturated heterocycles. The summed E-state index contributed by atoms with van der Waals surface area (Å²) < 4.78 is 10.5. The molecule has 0 aromatic heterocycles. The SMILES string of the molecule is C=C(C)C(=O)OCCC(=O)OC1C2CC3CC(C2)C(=O)C1C3. The second kappa shape index (κ2) is 5.86. The van der Waals surface area contributed by atoms with Crippen LogP contribution < -0.4 is 0 Å². The van der Waals surface area contributed by atoms with Gasteiger partial charge in [-0.15, -0.1) is 0 Å². The van der Waals surface area contributed by atoms with Crippen LogP contribution in [0.1, 0.15) is 39.0 Å². The van der Waals surface area contributed by atoms with E-state index in [1.165, 1.54) is 0 Å². The van der Waals surface area contributed by atoms with Crippen LogP contribution in [0.25, 0.3) is 0 Å². The number of esters is 2. The van der Waals surface area contributed by atoms with Crippen molar-refractivity contribution < 1.29 is 23.9 Å². The highest BCUT2D eigenvalue weighted by atomic mass is 16.6. The molecule has 4 rings (SSSR count). The van der Waals surface area contributed by atoms with E-state index in [0.717, 1.165) is 25.7 Å². The van der Waals surface area contributed by atoms with E-state index in [1.54, 1.807) is 6.92 Å². The average Bonchev–Trinajstić information content (AvgIpc) is 2.47. The number of Topliss-reactive ketones (excluding diaryl/α,β-unsaturated/α-hetero) is 1. The molecule has 0 radical (unpaired) electrons. The lowest BCUT2D eigenvalue weighted by Crippen LogP contribution is -2.55. The largest absolute Gasteiger partial charge is 0.462 e. The number of ketones is 1. The fraction of sp³-hybridized carbons (Fsp3) is 0.706. The van der Waals surface area contributed by atoms with E-state index in [-0.39, 0.29) is 36.9 Å².